The first-order valence-electron chi connectivity index (χ1n) is 10.0. The largest absolute Gasteiger partial charge is 0.381 e. The number of amides is 3. The predicted molar refractivity (Wildman–Crippen MR) is 108 cm³/mol. The number of aromatic nitrogens is 2. The average molecular weight is 387 g/mol. The number of nitrogens with zero attached hydrogens (tertiary/aromatic N) is 3. The summed E-state index contributed by atoms with van der Waals surface area (Å²) in [6.45, 7) is 6.97. The number of urea groups is 1. The Morgan fingerprint density at radius 2 is 2.00 bits per heavy atom. The van der Waals surface area contributed by atoms with Crippen molar-refractivity contribution in [3.63, 3.8) is 0 Å². The van der Waals surface area contributed by atoms with Gasteiger partial charge in [0.2, 0.25) is 11.9 Å². The van der Waals surface area contributed by atoms with E-state index < -0.39 is 6.04 Å². The molecule has 1 unspecified atom stereocenters. The SMILES string of the molecule is CCCCOCCCNC(=O)C(C)NC(=O)N1CCn2c1nc1ccccc12. The van der Waals surface area contributed by atoms with E-state index in [0.717, 1.165) is 36.9 Å². The Balaban J connectivity index is 1.45. The standard InChI is InChI=1S/C20H29N5O3/c1-3-4-13-28-14-7-10-21-18(26)15(2)22-20(27)25-12-11-24-17-9-6-5-8-16(17)23-19(24)25/h5-6,8-9,15H,3-4,7,10-14H2,1-2H3,(H,21,26)(H,22,27). The third-order valence-electron chi connectivity index (χ3n) is 4.81. The fraction of sp³-hybridized carbons (Fsp3) is 0.550. The number of unbranched alkanes of at least 4 members (excludes halogenated alkanes) is 1. The molecule has 2 aromatic rings. The highest BCUT2D eigenvalue weighted by Crippen LogP contribution is 2.26. The molecule has 0 saturated carbocycles. The number of para-hydroxylation sites is 2. The molecule has 2 N–H and O–H groups in total. The van der Waals surface area contributed by atoms with Crippen LogP contribution in [0.5, 0.6) is 0 Å². The molecular formula is C20H29N5O3. The van der Waals surface area contributed by atoms with E-state index in [9.17, 15) is 9.59 Å². The number of imidazole rings is 1. The number of anilines is 1. The lowest BCUT2D eigenvalue weighted by Crippen LogP contribution is -2.50. The molecule has 3 rings (SSSR count). The molecule has 1 atom stereocenters. The van der Waals surface area contributed by atoms with E-state index in [-0.39, 0.29) is 11.9 Å². The lowest BCUT2D eigenvalue weighted by atomic mass is 10.3. The normalized spacial score (nSPS) is 14.1. The molecule has 8 heteroatoms. The lowest BCUT2D eigenvalue weighted by molar-refractivity contribution is -0.122. The van der Waals surface area contributed by atoms with Crippen LogP contribution in [0, 0.1) is 0 Å². The van der Waals surface area contributed by atoms with Crippen molar-refractivity contribution in [2.75, 3.05) is 31.2 Å². The van der Waals surface area contributed by atoms with Crippen molar-refractivity contribution < 1.29 is 14.3 Å². The number of hydrogen-bond donors (Lipinski definition) is 2. The third-order valence-corrected chi connectivity index (χ3v) is 4.81. The maximum absolute atomic E-state index is 12.6. The number of carbonyl (C=O) groups is 2. The Morgan fingerprint density at radius 3 is 2.82 bits per heavy atom. The summed E-state index contributed by atoms with van der Waals surface area (Å²) in [5, 5.41) is 5.60. The molecule has 2 heterocycles. The van der Waals surface area contributed by atoms with Crippen LogP contribution in [0.4, 0.5) is 10.7 Å². The molecule has 0 radical (unpaired) electrons. The number of ether oxygens (including phenoxy) is 1. The second-order valence-corrected chi connectivity index (χ2v) is 6.99. The van der Waals surface area contributed by atoms with Gasteiger partial charge in [0.15, 0.2) is 0 Å². The van der Waals surface area contributed by atoms with E-state index >= 15 is 0 Å². The Kier molecular flexibility index (Phi) is 6.86. The number of carbonyl (C=O) groups excluding carboxylic acids is 2. The summed E-state index contributed by atoms with van der Waals surface area (Å²) in [6, 6.07) is 6.89. The first-order valence-corrected chi connectivity index (χ1v) is 10.0. The topological polar surface area (TPSA) is 88.5 Å². The number of nitrogens with one attached hydrogen (secondary N) is 2. The molecule has 1 aromatic carbocycles. The maximum atomic E-state index is 12.6. The maximum Gasteiger partial charge on any atom is 0.324 e. The van der Waals surface area contributed by atoms with Crippen LogP contribution < -0.4 is 15.5 Å². The van der Waals surface area contributed by atoms with Crippen LogP contribution in [0.3, 0.4) is 0 Å². The Labute approximate surface area is 165 Å². The minimum atomic E-state index is -0.619. The van der Waals surface area contributed by atoms with Gasteiger partial charge >= 0.3 is 6.03 Å². The summed E-state index contributed by atoms with van der Waals surface area (Å²) in [5.74, 6) is 0.421. The van der Waals surface area contributed by atoms with Crippen LogP contribution in [-0.2, 0) is 16.1 Å². The van der Waals surface area contributed by atoms with Crippen LogP contribution in [0.1, 0.15) is 33.1 Å². The molecule has 152 valence electrons. The zero-order valence-electron chi connectivity index (χ0n) is 16.6. The van der Waals surface area contributed by atoms with Gasteiger partial charge in [-0.1, -0.05) is 25.5 Å². The number of hydrogen-bond acceptors (Lipinski definition) is 4. The van der Waals surface area contributed by atoms with Crippen molar-refractivity contribution in [3.8, 4) is 0 Å². The van der Waals surface area contributed by atoms with E-state index in [4.69, 9.17) is 4.74 Å². The number of benzene rings is 1. The minimum absolute atomic E-state index is 0.199. The van der Waals surface area contributed by atoms with Gasteiger partial charge in [-0.2, -0.15) is 0 Å². The molecule has 1 aliphatic rings. The summed E-state index contributed by atoms with van der Waals surface area (Å²) >= 11 is 0. The monoisotopic (exact) mass is 387 g/mol. The molecule has 0 aliphatic carbocycles. The summed E-state index contributed by atoms with van der Waals surface area (Å²) in [5.41, 5.74) is 1.88. The van der Waals surface area contributed by atoms with Gasteiger partial charge in [-0.3, -0.25) is 9.69 Å². The van der Waals surface area contributed by atoms with E-state index in [1.54, 1.807) is 11.8 Å². The van der Waals surface area contributed by atoms with Crippen LogP contribution in [0.25, 0.3) is 11.0 Å². The zero-order chi connectivity index (χ0) is 19.9. The molecule has 1 aliphatic heterocycles. The third kappa shape index (κ3) is 4.62. The van der Waals surface area contributed by atoms with Crippen LogP contribution in [-0.4, -0.2) is 53.8 Å². The first-order chi connectivity index (χ1) is 13.6. The molecule has 0 saturated heterocycles. The Morgan fingerprint density at radius 1 is 1.21 bits per heavy atom. The fourth-order valence-electron chi connectivity index (χ4n) is 3.20. The van der Waals surface area contributed by atoms with E-state index in [2.05, 4.69) is 22.5 Å². The second-order valence-electron chi connectivity index (χ2n) is 6.99. The van der Waals surface area contributed by atoms with Gasteiger partial charge in [0.1, 0.15) is 6.04 Å². The highest BCUT2D eigenvalue weighted by molar-refractivity contribution is 5.96. The number of rotatable bonds is 9. The molecule has 0 spiro atoms. The molecule has 0 bridgehead atoms. The predicted octanol–water partition coefficient (Wildman–Crippen LogP) is 2.28. The zero-order valence-corrected chi connectivity index (χ0v) is 16.6. The molecule has 8 nitrogen and oxygen atoms in total. The van der Waals surface area contributed by atoms with E-state index in [1.165, 1.54) is 0 Å². The van der Waals surface area contributed by atoms with Gasteiger partial charge in [0.05, 0.1) is 11.0 Å². The van der Waals surface area contributed by atoms with Gasteiger partial charge in [-0.15, -0.1) is 0 Å². The van der Waals surface area contributed by atoms with Crippen molar-refractivity contribution in [2.45, 2.75) is 45.7 Å². The van der Waals surface area contributed by atoms with Crippen molar-refractivity contribution in [1.82, 2.24) is 20.2 Å². The molecular weight excluding hydrogens is 358 g/mol. The van der Waals surface area contributed by atoms with Crippen molar-refractivity contribution in [1.29, 1.82) is 0 Å². The highest BCUT2D eigenvalue weighted by Gasteiger charge is 2.29. The first kappa shape index (κ1) is 20.1. The fourth-order valence-corrected chi connectivity index (χ4v) is 3.20. The molecule has 1 aromatic heterocycles. The summed E-state index contributed by atoms with van der Waals surface area (Å²) < 4.78 is 7.50. The summed E-state index contributed by atoms with van der Waals surface area (Å²) in [6.07, 6.45) is 2.92. The molecule has 3 amide bonds. The van der Waals surface area contributed by atoms with Gasteiger partial charge in [-0.25, -0.2) is 9.78 Å². The van der Waals surface area contributed by atoms with E-state index in [0.29, 0.717) is 32.2 Å². The second kappa shape index (κ2) is 9.54. The molecule has 0 fully saturated rings. The van der Waals surface area contributed by atoms with Gasteiger partial charge in [-0.05, 0) is 31.9 Å². The Bertz CT molecular complexity index is 819. The quantitative estimate of drug-likeness (QED) is 0.646. The van der Waals surface area contributed by atoms with Gasteiger partial charge in [0, 0.05) is 32.8 Å². The highest BCUT2D eigenvalue weighted by atomic mass is 16.5. The van der Waals surface area contributed by atoms with E-state index in [1.807, 2.05) is 28.8 Å². The minimum Gasteiger partial charge on any atom is -0.381 e. The summed E-state index contributed by atoms with van der Waals surface area (Å²) in [7, 11) is 0. The average Bonchev–Trinajstić information content (AvgIpc) is 3.26. The van der Waals surface area contributed by atoms with Crippen molar-refractivity contribution >= 4 is 28.9 Å². The molecule has 28 heavy (non-hydrogen) atoms. The van der Waals surface area contributed by atoms with Crippen molar-refractivity contribution in [3.05, 3.63) is 24.3 Å². The van der Waals surface area contributed by atoms with Crippen molar-refractivity contribution in [2.24, 2.45) is 0 Å². The van der Waals surface area contributed by atoms with Gasteiger partial charge in [0.25, 0.3) is 0 Å². The Hall–Kier alpha value is -2.61. The van der Waals surface area contributed by atoms with Crippen LogP contribution in [0.2, 0.25) is 0 Å². The van der Waals surface area contributed by atoms with Crippen LogP contribution >= 0.6 is 0 Å². The van der Waals surface area contributed by atoms with Gasteiger partial charge < -0.3 is 19.9 Å². The number of fused-ring (bicyclic) bond motifs is 3. The van der Waals surface area contributed by atoms with Crippen LogP contribution in [0.15, 0.2) is 24.3 Å². The smallest absolute Gasteiger partial charge is 0.324 e. The lowest BCUT2D eigenvalue weighted by Gasteiger charge is -2.19. The summed E-state index contributed by atoms with van der Waals surface area (Å²) in [4.78, 5) is 31.0.